The summed E-state index contributed by atoms with van der Waals surface area (Å²) in [4.78, 5) is 25.0. The lowest BCUT2D eigenvalue weighted by molar-refractivity contribution is -0.870. The monoisotopic (exact) mass is 887 g/mol. The van der Waals surface area contributed by atoms with Crippen molar-refractivity contribution in [2.45, 2.75) is 206 Å². The standard InChI is InChI=1S/C53H95N2O6P/c1-6-8-10-11-12-13-14-15-16-17-18-19-20-21-22-23-24-25-26-27-28-29-30-31-32-33-34-35-36-37-38-39-40-41-42-43-45-47-53(57)54-51(52(56)46-44-9-7-2)50-61-62(58,59)60-49-48-55(3,4)5/h8,10,12-13,15-16,18-19,21-22,24-25,27-28,51-52,56H,6-7,9,11,14,17,20,23,26,29-50H2,1-5H3,(H-,54,57,58,59)/b10-8-,13-12-,16-15-,19-18-,22-21-,25-24-,28-27-. The number of hydrogen-bond acceptors (Lipinski definition) is 6. The summed E-state index contributed by atoms with van der Waals surface area (Å²) in [6, 6.07) is -0.799. The number of carbonyl (C=O) groups is 1. The van der Waals surface area contributed by atoms with Crippen LogP contribution in [-0.4, -0.2) is 68.5 Å². The zero-order chi connectivity index (χ0) is 45.7. The smallest absolute Gasteiger partial charge is 0.268 e. The number of quaternary nitrogens is 1. The first kappa shape index (κ1) is 59.7. The van der Waals surface area contributed by atoms with Crippen molar-refractivity contribution in [2.24, 2.45) is 0 Å². The van der Waals surface area contributed by atoms with Gasteiger partial charge >= 0.3 is 0 Å². The summed E-state index contributed by atoms with van der Waals surface area (Å²) in [7, 11) is 1.29. The Hall–Kier alpha value is -2.32. The van der Waals surface area contributed by atoms with Crippen molar-refractivity contribution in [3.05, 3.63) is 85.1 Å². The maximum atomic E-state index is 12.7. The number of unbranched alkanes of at least 4 members (excludes halogenated alkanes) is 17. The Morgan fingerprint density at radius 2 is 0.984 bits per heavy atom. The van der Waals surface area contributed by atoms with E-state index >= 15 is 0 Å². The van der Waals surface area contributed by atoms with Crippen LogP contribution < -0.4 is 10.2 Å². The van der Waals surface area contributed by atoms with Gasteiger partial charge in [0.05, 0.1) is 39.9 Å². The molecule has 0 aromatic heterocycles. The molecular formula is C53H95N2O6P. The predicted octanol–water partition coefficient (Wildman–Crippen LogP) is 13.9. The van der Waals surface area contributed by atoms with Crippen LogP contribution in [0, 0.1) is 0 Å². The van der Waals surface area contributed by atoms with Crippen LogP contribution in [0.3, 0.4) is 0 Å². The van der Waals surface area contributed by atoms with Crippen molar-refractivity contribution >= 4 is 13.7 Å². The molecule has 0 aliphatic heterocycles. The lowest BCUT2D eigenvalue weighted by atomic mass is 10.0. The first-order valence-corrected chi connectivity index (χ1v) is 26.4. The van der Waals surface area contributed by atoms with Crippen molar-refractivity contribution < 1.29 is 32.9 Å². The topological polar surface area (TPSA) is 108 Å². The number of aliphatic hydroxyl groups excluding tert-OH is 1. The first-order chi connectivity index (χ1) is 30.0. The number of carbonyl (C=O) groups excluding carboxylic acids is 1. The van der Waals surface area contributed by atoms with Crippen LogP contribution in [0.5, 0.6) is 0 Å². The number of likely N-dealkylation sites (N-methyl/N-ethyl adjacent to an activating group) is 1. The highest BCUT2D eigenvalue weighted by Crippen LogP contribution is 2.38. The van der Waals surface area contributed by atoms with Crippen LogP contribution in [-0.2, 0) is 18.4 Å². The maximum Gasteiger partial charge on any atom is 0.268 e. The van der Waals surface area contributed by atoms with Crippen molar-refractivity contribution in [1.29, 1.82) is 0 Å². The Morgan fingerprint density at radius 1 is 0.581 bits per heavy atom. The van der Waals surface area contributed by atoms with E-state index < -0.39 is 20.0 Å². The molecule has 2 N–H and O–H groups in total. The third-order valence-corrected chi connectivity index (χ3v) is 11.6. The second-order valence-corrected chi connectivity index (χ2v) is 19.2. The predicted molar refractivity (Wildman–Crippen MR) is 265 cm³/mol. The zero-order valence-electron chi connectivity index (χ0n) is 40.5. The molecule has 358 valence electrons. The number of aliphatic hydroxyl groups is 1. The molecule has 0 saturated carbocycles. The molecule has 0 rings (SSSR count). The average Bonchev–Trinajstić information content (AvgIpc) is 3.23. The number of allylic oxidation sites excluding steroid dienone is 14. The lowest BCUT2D eigenvalue weighted by Gasteiger charge is -2.30. The second kappa shape index (κ2) is 43.9. The van der Waals surface area contributed by atoms with Gasteiger partial charge in [0.15, 0.2) is 0 Å². The SMILES string of the molecule is CC/C=C\C/C=C\C/C=C\C/C=C\C/C=C\C/C=C\C/C=C\CCCCCCCCCCCCCCCCCC(=O)NC(COP(=O)([O-])OCC[N+](C)(C)C)C(O)CCCCC. The highest BCUT2D eigenvalue weighted by atomic mass is 31.2. The first-order valence-electron chi connectivity index (χ1n) is 24.9. The molecule has 3 unspecified atom stereocenters. The van der Waals surface area contributed by atoms with Crippen molar-refractivity contribution in [1.82, 2.24) is 5.32 Å². The van der Waals surface area contributed by atoms with Gasteiger partial charge in [-0.3, -0.25) is 9.36 Å². The molecule has 1 amide bonds. The van der Waals surface area contributed by atoms with E-state index in [-0.39, 0.29) is 19.1 Å². The summed E-state index contributed by atoms with van der Waals surface area (Å²) in [5.74, 6) is -0.180. The summed E-state index contributed by atoms with van der Waals surface area (Å²) in [5, 5.41) is 13.6. The normalized spacial score (nSPS) is 14.9. The maximum absolute atomic E-state index is 12.7. The number of phosphoric ester groups is 1. The molecule has 0 bridgehead atoms. The molecule has 8 nitrogen and oxygen atoms in total. The molecule has 0 aromatic carbocycles. The van der Waals surface area contributed by atoms with Gasteiger partial charge in [0.1, 0.15) is 13.2 Å². The van der Waals surface area contributed by atoms with E-state index in [4.69, 9.17) is 9.05 Å². The molecule has 9 heteroatoms. The lowest BCUT2D eigenvalue weighted by Crippen LogP contribution is -2.46. The van der Waals surface area contributed by atoms with Crippen molar-refractivity contribution in [2.75, 3.05) is 40.9 Å². The van der Waals surface area contributed by atoms with E-state index in [1.807, 2.05) is 21.1 Å². The van der Waals surface area contributed by atoms with Crippen LogP contribution >= 0.6 is 7.82 Å². The molecule has 0 fully saturated rings. The molecule has 0 spiro atoms. The third-order valence-electron chi connectivity index (χ3n) is 10.6. The minimum atomic E-state index is -4.54. The summed E-state index contributed by atoms with van der Waals surface area (Å²) in [6.45, 7) is 4.42. The second-order valence-electron chi connectivity index (χ2n) is 17.8. The molecule has 0 aliphatic rings. The van der Waals surface area contributed by atoms with E-state index in [2.05, 4.69) is 104 Å². The average molecular weight is 887 g/mol. The van der Waals surface area contributed by atoms with E-state index in [1.165, 1.54) is 83.5 Å². The number of rotatable bonds is 44. The van der Waals surface area contributed by atoms with Gasteiger partial charge in [-0.25, -0.2) is 0 Å². The van der Waals surface area contributed by atoms with E-state index in [9.17, 15) is 19.4 Å². The van der Waals surface area contributed by atoms with Gasteiger partial charge in [-0.2, -0.15) is 0 Å². The summed E-state index contributed by atoms with van der Waals surface area (Å²) in [5.41, 5.74) is 0. The molecule has 0 aromatic rings. The van der Waals surface area contributed by atoms with Crippen LogP contribution in [0.25, 0.3) is 0 Å². The molecule has 0 radical (unpaired) electrons. The Balaban J connectivity index is 3.77. The van der Waals surface area contributed by atoms with Crippen LogP contribution in [0.15, 0.2) is 85.1 Å². The van der Waals surface area contributed by atoms with Crippen LogP contribution in [0.4, 0.5) is 0 Å². The summed E-state index contributed by atoms with van der Waals surface area (Å²) in [6.07, 6.45) is 61.4. The summed E-state index contributed by atoms with van der Waals surface area (Å²) < 4.78 is 23.0. The fourth-order valence-electron chi connectivity index (χ4n) is 6.72. The van der Waals surface area contributed by atoms with Gasteiger partial charge in [-0.1, -0.05) is 202 Å². The highest BCUT2D eigenvalue weighted by Gasteiger charge is 2.24. The van der Waals surface area contributed by atoms with Gasteiger partial charge in [0, 0.05) is 6.42 Å². The Kier molecular flexibility index (Phi) is 42.3. The molecule has 0 saturated heterocycles. The van der Waals surface area contributed by atoms with E-state index in [1.54, 1.807) is 0 Å². The van der Waals surface area contributed by atoms with Gasteiger partial charge < -0.3 is 28.8 Å². The summed E-state index contributed by atoms with van der Waals surface area (Å²) >= 11 is 0. The van der Waals surface area contributed by atoms with Crippen LogP contribution in [0.1, 0.15) is 194 Å². The van der Waals surface area contributed by atoms with Gasteiger partial charge in [0.25, 0.3) is 7.82 Å². The molecule has 0 aliphatic carbocycles. The Bertz CT molecular complexity index is 1280. The number of nitrogens with one attached hydrogen (secondary N) is 1. The largest absolute Gasteiger partial charge is 0.756 e. The fraction of sp³-hybridized carbons (Fsp3) is 0.717. The van der Waals surface area contributed by atoms with E-state index in [0.29, 0.717) is 23.9 Å². The molecule has 62 heavy (non-hydrogen) atoms. The van der Waals surface area contributed by atoms with Gasteiger partial charge in [0.2, 0.25) is 5.91 Å². The van der Waals surface area contributed by atoms with Gasteiger partial charge in [-0.15, -0.1) is 0 Å². The van der Waals surface area contributed by atoms with Crippen molar-refractivity contribution in [3.63, 3.8) is 0 Å². The van der Waals surface area contributed by atoms with Crippen molar-refractivity contribution in [3.8, 4) is 0 Å². The molecule has 3 atom stereocenters. The number of hydrogen-bond donors (Lipinski definition) is 2. The molecular weight excluding hydrogens is 792 g/mol. The number of nitrogens with zero attached hydrogens (tertiary/aromatic N) is 1. The minimum Gasteiger partial charge on any atom is -0.756 e. The number of amides is 1. The minimum absolute atomic E-state index is 0.00794. The number of phosphoric acid groups is 1. The van der Waals surface area contributed by atoms with Crippen LogP contribution in [0.2, 0.25) is 0 Å². The van der Waals surface area contributed by atoms with Gasteiger partial charge in [-0.05, 0) is 70.6 Å². The van der Waals surface area contributed by atoms with E-state index in [0.717, 1.165) is 83.5 Å². The fourth-order valence-corrected chi connectivity index (χ4v) is 7.45. The highest BCUT2D eigenvalue weighted by molar-refractivity contribution is 7.45. The Labute approximate surface area is 382 Å². The zero-order valence-corrected chi connectivity index (χ0v) is 41.4. The Morgan fingerprint density at radius 3 is 1.40 bits per heavy atom. The quantitative estimate of drug-likeness (QED) is 0.0273. The third kappa shape index (κ3) is 45.7. The molecule has 0 heterocycles.